The fourth-order valence-electron chi connectivity index (χ4n) is 6.60. The fraction of sp³-hybridized carbons (Fsp3) is 0.109. The van der Waals surface area contributed by atoms with Gasteiger partial charge >= 0.3 is 109 Å². The number of nitriles is 2. The van der Waals surface area contributed by atoms with Crippen LogP contribution in [0.5, 0.6) is 0 Å². The number of benzene rings is 4. The SMILES string of the molecule is ClCCl.N#Cc1ccc[nH]1.N#Cc1cccn1CC(=O)c1ccc(Br)cc1.O=C(CBr)c1ccc(Br)cc1.O=C1NC(O)(c2ccc(Br)cc2)Cn2cccc21.O=C1NC(c2ccc(Br)cc2)=CN2C=[C+]C=C12.O=CO[O-].[2H]CF.[H-].[K+].[K+]. The number of nitrogens with one attached hydrogen (secondary N) is 3. The number of nitrogens with zero attached hydrogens (tertiary/aromatic N) is 5. The Morgan fingerprint density at radius 2 is 1.36 bits per heavy atom. The Hall–Kier alpha value is -3.52. The van der Waals surface area contributed by atoms with Crippen LogP contribution in [-0.2, 0) is 33.3 Å². The fourth-order valence-corrected chi connectivity index (χ4v) is 7.98. The zero-order valence-electron chi connectivity index (χ0n) is 44.8. The van der Waals surface area contributed by atoms with E-state index >= 15 is 0 Å². The van der Waals surface area contributed by atoms with E-state index in [0.717, 1.165) is 34.7 Å². The number of hydrogen-bond acceptors (Lipinski definition) is 11. The Bertz CT molecular complexity index is 3300. The summed E-state index contributed by atoms with van der Waals surface area (Å²) in [7, 11) is -1.00. The van der Waals surface area contributed by atoms with Crippen molar-refractivity contribution >= 4 is 138 Å². The van der Waals surface area contributed by atoms with E-state index in [9.17, 15) is 28.7 Å². The molecule has 0 fully saturated rings. The number of carbonyl (C=O) groups excluding carboxylic acids is 5. The van der Waals surface area contributed by atoms with Gasteiger partial charge in [0.2, 0.25) is 0 Å². The van der Waals surface area contributed by atoms with Crippen molar-refractivity contribution in [1.82, 2.24) is 29.7 Å². The second-order valence-electron chi connectivity index (χ2n) is 15.2. The van der Waals surface area contributed by atoms with Crippen molar-refractivity contribution < 1.29 is 149 Å². The third-order valence-corrected chi connectivity index (χ3v) is 12.8. The van der Waals surface area contributed by atoms with Gasteiger partial charge in [-0.3, -0.25) is 23.6 Å². The van der Waals surface area contributed by atoms with Gasteiger partial charge in [0.05, 0.1) is 44.2 Å². The number of hydrogen-bond donors (Lipinski definition) is 4. The first-order valence-electron chi connectivity index (χ1n) is 22.9. The Morgan fingerprint density at radius 3 is 1.84 bits per heavy atom. The number of aromatic amines is 1. The maximum atomic E-state index is 11.9. The number of carbonyl (C=O) groups is 5. The third-order valence-electron chi connectivity index (χ3n) is 10.2. The number of allylic oxidation sites excluding steroid dienone is 2. The maximum Gasteiger partial charge on any atom is 1.00 e. The van der Waals surface area contributed by atoms with Gasteiger partial charge in [-0.2, -0.15) is 10.5 Å². The molecule has 10 rings (SSSR count). The molecule has 0 spiro atoms. The van der Waals surface area contributed by atoms with Crippen molar-refractivity contribution in [3.63, 3.8) is 0 Å². The molecule has 0 saturated heterocycles. The summed E-state index contributed by atoms with van der Waals surface area (Å²) in [5.74, 6) is -0.272. The first kappa shape index (κ1) is 73.6. The number of ketones is 2. The number of H-pyrrole nitrogens is 1. The van der Waals surface area contributed by atoms with Crippen molar-refractivity contribution in [3.05, 3.63) is 240 Å². The molecule has 1 unspecified atom stereocenters. The summed E-state index contributed by atoms with van der Waals surface area (Å²) < 4.78 is 22.8. The number of aromatic nitrogens is 3. The predicted molar refractivity (Wildman–Crippen MR) is 315 cm³/mol. The molecule has 1 atom stereocenters. The molecule has 0 saturated carbocycles. The van der Waals surface area contributed by atoms with Crippen LogP contribution < -0.4 is 119 Å². The Labute approximate surface area is 607 Å². The number of fused-ring (bicyclic) bond motifs is 2. The summed E-state index contributed by atoms with van der Waals surface area (Å²) in [6, 6.07) is 44.0. The summed E-state index contributed by atoms with van der Waals surface area (Å²) in [4.78, 5) is 62.5. The average molecular weight is 1510 g/mol. The smallest absolute Gasteiger partial charge is 1.00 e. The molecule has 3 aliphatic heterocycles. The minimum Gasteiger partial charge on any atom is -1.00 e. The Balaban J connectivity index is 0.000000985. The predicted octanol–water partition coefficient (Wildman–Crippen LogP) is 5.71. The summed E-state index contributed by atoms with van der Waals surface area (Å²) in [6.07, 6.45) is 13.4. The number of aliphatic hydroxyl groups is 1. The van der Waals surface area contributed by atoms with Crippen molar-refractivity contribution in [3.8, 4) is 12.1 Å². The van der Waals surface area contributed by atoms with E-state index in [1.807, 2.05) is 79.0 Å². The van der Waals surface area contributed by atoms with Crippen molar-refractivity contribution in [2.45, 2.75) is 18.8 Å². The third kappa shape index (κ3) is 25.7. The van der Waals surface area contributed by atoms with Crippen LogP contribution in [0.15, 0.2) is 194 Å². The van der Waals surface area contributed by atoms with Crippen molar-refractivity contribution in [2.24, 2.45) is 0 Å². The monoisotopic (exact) mass is 1510 g/mol. The molecule has 81 heavy (non-hydrogen) atoms. The first-order chi connectivity index (χ1) is 38.4. The van der Waals surface area contributed by atoms with E-state index in [-0.39, 0.29) is 146 Å². The van der Waals surface area contributed by atoms with Crippen molar-refractivity contribution in [1.29, 1.82) is 10.5 Å². The topological polar surface area (TPSA) is 238 Å². The number of rotatable bonds is 8. The average Bonchev–Trinajstić information content (AvgIpc) is 4.51. The molecular weight excluding hydrogens is 1470 g/mol. The van der Waals surface area contributed by atoms with Gasteiger partial charge in [-0.25, -0.2) is 9.69 Å². The van der Waals surface area contributed by atoms with E-state index in [0.29, 0.717) is 45.8 Å². The molecule has 2 amide bonds. The molecule has 7 aromatic rings. The molecule has 6 heterocycles. The molecule has 410 valence electrons. The molecule has 26 heteroatoms. The van der Waals surface area contributed by atoms with Crippen LogP contribution in [-0.4, -0.2) is 71.8 Å². The largest absolute Gasteiger partial charge is 1.00 e. The minimum absolute atomic E-state index is 0. The van der Waals surface area contributed by atoms with Gasteiger partial charge in [-0.05, 0) is 90.5 Å². The summed E-state index contributed by atoms with van der Waals surface area (Å²) >= 11 is 26.0. The molecule has 0 aliphatic carbocycles. The summed E-state index contributed by atoms with van der Waals surface area (Å²) in [5, 5.41) is 42.1. The summed E-state index contributed by atoms with van der Waals surface area (Å²) in [5.41, 5.74) is 4.73. The normalized spacial score (nSPS) is 13.3. The Morgan fingerprint density at radius 1 is 0.840 bits per heavy atom. The molecular formula is C55H45Br5Cl2FK2N8O8+. The van der Waals surface area contributed by atoms with E-state index in [2.05, 4.69) is 106 Å². The van der Waals surface area contributed by atoms with Crippen LogP contribution in [0.2, 0.25) is 0 Å². The first-order valence-corrected chi connectivity index (χ1v) is 27.6. The van der Waals surface area contributed by atoms with Crippen LogP contribution >= 0.6 is 103 Å². The second kappa shape index (κ2) is 41.5. The van der Waals surface area contributed by atoms with Gasteiger partial charge in [-0.1, -0.05) is 128 Å². The van der Waals surface area contributed by atoms with Crippen LogP contribution in [0, 0.1) is 28.7 Å². The van der Waals surface area contributed by atoms with E-state index in [4.69, 9.17) is 45.1 Å². The van der Waals surface area contributed by atoms with Gasteiger partial charge in [-0.15, -0.1) is 23.2 Å². The number of halogens is 8. The Kier molecular flexibility index (Phi) is 37.7. The van der Waals surface area contributed by atoms with E-state index in [1.54, 1.807) is 118 Å². The molecule has 4 aromatic carbocycles. The second-order valence-corrected chi connectivity index (χ2v) is 20.2. The molecule has 16 nitrogen and oxygen atoms in total. The quantitative estimate of drug-likeness (QED) is 0.0273. The van der Waals surface area contributed by atoms with Crippen LogP contribution in [0.4, 0.5) is 4.39 Å². The van der Waals surface area contributed by atoms with Gasteiger partial charge in [0.1, 0.15) is 35.3 Å². The molecule has 0 radical (unpaired) electrons. The number of amides is 2. The van der Waals surface area contributed by atoms with Crippen LogP contribution in [0.25, 0.3) is 5.70 Å². The molecule has 0 bridgehead atoms. The van der Waals surface area contributed by atoms with Crippen LogP contribution in [0.3, 0.4) is 0 Å². The maximum absolute atomic E-state index is 11.9. The van der Waals surface area contributed by atoms with Gasteiger partial charge < -0.3 is 41.4 Å². The molecule has 3 aromatic heterocycles. The standard InChI is InChI=1S/C13H11BrN2O2.C13H7BrN2O.C13H9BrN2O.C8H6Br2O.C5H4N2.CH2Cl2.CH3F.CH2O3.2K.H/c14-10-5-3-9(4-6-10)13(18)8-16-7-1-2-11(16)12(17)15-13;14-10-5-3-9(4-6-10)11-8-16-7-1-2-12(16)13(17)15-11;14-11-5-3-10(4-6-11)13(17)9-16-7-1-2-12(16)8-15;9-5-8(11)6-1-3-7(10)4-2-6;6-4-5-2-1-3-7-5;2-1-3;1-2;2-1-4-3;;;/h1-7,18H,8H2,(H,15,17);2-8H;1-7H,9H2;1-4H,5H2;1-3,7H;1H2;1H3;1,3H;;;/q;;;;;;;;2*+1;-1/i;;;;;;1D;;;;. The summed E-state index contributed by atoms with van der Waals surface area (Å²) in [6.45, 7) is 0.320. The van der Waals surface area contributed by atoms with Gasteiger partial charge in [0.25, 0.3) is 18.1 Å². The zero-order valence-corrected chi connectivity index (χ0v) is 58.5. The van der Waals surface area contributed by atoms with E-state index < -0.39 is 12.9 Å². The zero-order chi connectivity index (χ0) is 59.0. The van der Waals surface area contributed by atoms with Crippen LogP contribution in [0.1, 0.15) is 56.5 Å². The number of alkyl halides is 4. The molecule has 3 aliphatic rings. The minimum atomic E-state index is -1.36. The van der Waals surface area contributed by atoms with Gasteiger partial charge in [0.15, 0.2) is 29.6 Å². The number of Topliss-reactive ketones (excluding diaryl/α,β-unsaturated/α-hetero) is 2. The van der Waals surface area contributed by atoms with Crippen molar-refractivity contribution in [2.75, 3.05) is 17.8 Å². The van der Waals surface area contributed by atoms with Gasteiger partial charge in [0, 0.05) is 53.2 Å². The van der Waals surface area contributed by atoms with E-state index in [1.165, 1.54) is 0 Å². The molecule has 4 N–H and O–H groups in total.